The van der Waals surface area contributed by atoms with Crippen molar-refractivity contribution in [2.75, 3.05) is 27.2 Å². The molecule has 3 heteroatoms. The SMILES string of the molecule is CNC(C)(C)CNCCc1ccc(OC)c(C)c1. The van der Waals surface area contributed by atoms with Crippen LogP contribution < -0.4 is 15.4 Å². The van der Waals surface area contributed by atoms with Gasteiger partial charge in [-0.2, -0.15) is 0 Å². The fraction of sp³-hybridized carbons (Fsp3) is 0.600. The van der Waals surface area contributed by atoms with E-state index in [0.29, 0.717) is 0 Å². The summed E-state index contributed by atoms with van der Waals surface area (Å²) in [6.07, 6.45) is 1.05. The van der Waals surface area contributed by atoms with E-state index in [4.69, 9.17) is 4.74 Å². The van der Waals surface area contributed by atoms with Gasteiger partial charge in [0.25, 0.3) is 0 Å². The molecule has 0 atom stereocenters. The minimum Gasteiger partial charge on any atom is -0.496 e. The van der Waals surface area contributed by atoms with Crippen molar-refractivity contribution in [2.24, 2.45) is 0 Å². The van der Waals surface area contributed by atoms with Crippen molar-refractivity contribution >= 4 is 0 Å². The monoisotopic (exact) mass is 250 g/mol. The Hall–Kier alpha value is -1.06. The first-order valence-corrected chi connectivity index (χ1v) is 6.51. The summed E-state index contributed by atoms with van der Waals surface area (Å²) in [5, 5.41) is 6.76. The minimum atomic E-state index is 0.149. The van der Waals surface area contributed by atoms with Gasteiger partial charge in [-0.3, -0.25) is 0 Å². The predicted molar refractivity (Wildman–Crippen MR) is 77.4 cm³/mol. The summed E-state index contributed by atoms with van der Waals surface area (Å²) in [5.41, 5.74) is 2.70. The third kappa shape index (κ3) is 4.67. The molecule has 0 aliphatic carbocycles. The van der Waals surface area contributed by atoms with Crippen molar-refractivity contribution in [1.29, 1.82) is 0 Å². The van der Waals surface area contributed by atoms with E-state index in [9.17, 15) is 0 Å². The molecular formula is C15H26N2O. The Morgan fingerprint density at radius 1 is 1.28 bits per heavy atom. The summed E-state index contributed by atoms with van der Waals surface area (Å²) in [5.74, 6) is 0.961. The van der Waals surface area contributed by atoms with E-state index in [0.717, 1.165) is 25.3 Å². The number of nitrogens with one attached hydrogen (secondary N) is 2. The molecular weight excluding hydrogens is 224 g/mol. The van der Waals surface area contributed by atoms with Crippen LogP contribution in [0.5, 0.6) is 5.75 Å². The highest BCUT2D eigenvalue weighted by Gasteiger charge is 2.12. The maximum absolute atomic E-state index is 5.26. The summed E-state index contributed by atoms with van der Waals surface area (Å²) in [7, 11) is 3.71. The highest BCUT2D eigenvalue weighted by Crippen LogP contribution is 2.18. The van der Waals surface area contributed by atoms with Crippen molar-refractivity contribution in [3.8, 4) is 5.75 Å². The quantitative estimate of drug-likeness (QED) is 0.727. The molecule has 1 aromatic carbocycles. The number of aryl methyl sites for hydroxylation is 1. The molecule has 0 aromatic heterocycles. The molecule has 3 nitrogen and oxygen atoms in total. The molecule has 102 valence electrons. The second-order valence-corrected chi connectivity index (χ2v) is 5.36. The number of hydrogen-bond donors (Lipinski definition) is 2. The Kier molecular flexibility index (Phi) is 5.63. The number of hydrogen-bond acceptors (Lipinski definition) is 3. The van der Waals surface area contributed by atoms with Gasteiger partial charge in [-0.05, 0) is 58.0 Å². The second kappa shape index (κ2) is 6.76. The molecule has 0 fully saturated rings. The Labute approximate surface area is 111 Å². The zero-order valence-electron chi connectivity index (χ0n) is 12.3. The number of methoxy groups -OCH3 is 1. The molecule has 0 heterocycles. The summed E-state index contributed by atoms with van der Waals surface area (Å²) >= 11 is 0. The molecule has 0 unspecified atom stereocenters. The van der Waals surface area contributed by atoms with Crippen molar-refractivity contribution in [2.45, 2.75) is 32.7 Å². The maximum Gasteiger partial charge on any atom is 0.121 e. The molecule has 0 aliphatic rings. The lowest BCUT2D eigenvalue weighted by Crippen LogP contribution is -2.46. The lowest BCUT2D eigenvalue weighted by atomic mass is 10.1. The summed E-state index contributed by atoms with van der Waals surface area (Å²) in [4.78, 5) is 0. The molecule has 0 amide bonds. The van der Waals surface area contributed by atoms with Crippen LogP contribution in [0, 0.1) is 6.92 Å². The van der Waals surface area contributed by atoms with Crippen LogP contribution in [0.2, 0.25) is 0 Å². The van der Waals surface area contributed by atoms with Gasteiger partial charge in [0.15, 0.2) is 0 Å². The average Bonchev–Trinajstić information content (AvgIpc) is 2.35. The van der Waals surface area contributed by atoms with Crippen LogP contribution in [0.4, 0.5) is 0 Å². The Morgan fingerprint density at radius 3 is 2.56 bits per heavy atom. The van der Waals surface area contributed by atoms with Gasteiger partial charge in [-0.15, -0.1) is 0 Å². The molecule has 0 bridgehead atoms. The molecule has 1 aromatic rings. The number of rotatable bonds is 7. The first kappa shape index (κ1) is 15.0. The Morgan fingerprint density at radius 2 is 2.00 bits per heavy atom. The lowest BCUT2D eigenvalue weighted by molar-refractivity contribution is 0.395. The van der Waals surface area contributed by atoms with Crippen LogP contribution in [0.25, 0.3) is 0 Å². The van der Waals surface area contributed by atoms with E-state index >= 15 is 0 Å². The third-order valence-electron chi connectivity index (χ3n) is 3.29. The number of likely N-dealkylation sites (N-methyl/N-ethyl adjacent to an activating group) is 1. The van der Waals surface area contributed by atoms with Crippen LogP contribution >= 0.6 is 0 Å². The van der Waals surface area contributed by atoms with Crippen molar-refractivity contribution < 1.29 is 4.74 Å². The van der Waals surface area contributed by atoms with Crippen LogP contribution in [0.3, 0.4) is 0 Å². The van der Waals surface area contributed by atoms with E-state index < -0.39 is 0 Å². The number of benzene rings is 1. The first-order valence-electron chi connectivity index (χ1n) is 6.51. The molecule has 2 N–H and O–H groups in total. The molecule has 1 rings (SSSR count). The second-order valence-electron chi connectivity index (χ2n) is 5.36. The molecule has 0 saturated carbocycles. The van der Waals surface area contributed by atoms with Gasteiger partial charge in [0.1, 0.15) is 5.75 Å². The van der Waals surface area contributed by atoms with Crippen molar-refractivity contribution in [1.82, 2.24) is 10.6 Å². The lowest BCUT2D eigenvalue weighted by Gasteiger charge is -2.24. The van der Waals surface area contributed by atoms with Gasteiger partial charge in [0.2, 0.25) is 0 Å². The standard InChI is InChI=1S/C15H26N2O/c1-12-10-13(6-7-14(12)18-5)8-9-17-11-15(2,3)16-4/h6-7,10,16-17H,8-9,11H2,1-5H3. The Bertz CT molecular complexity index is 375. The molecule has 0 radical (unpaired) electrons. The summed E-state index contributed by atoms with van der Waals surface area (Å²) in [6.45, 7) is 8.43. The molecule has 18 heavy (non-hydrogen) atoms. The van der Waals surface area contributed by atoms with E-state index in [-0.39, 0.29) is 5.54 Å². The van der Waals surface area contributed by atoms with Gasteiger partial charge in [-0.1, -0.05) is 12.1 Å². The summed E-state index contributed by atoms with van der Waals surface area (Å²) in [6, 6.07) is 6.38. The van der Waals surface area contributed by atoms with Crippen LogP contribution in [-0.2, 0) is 6.42 Å². The highest BCUT2D eigenvalue weighted by molar-refractivity contribution is 5.36. The highest BCUT2D eigenvalue weighted by atomic mass is 16.5. The smallest absolute Gasteiger partial charge is 0.121 e. The number of ether oxygens (including phenoxy) is 1. The average molecular weight is 250 g/mol. The topological polar surface area (TPSA) is 33.3 Å². The summed E-state index contributed by atoms with van der Waals surface area (Å²) < 4.78 is 5.26. The van der Waals surface area contributed by atoms with Crippen LogP contribution in [-0.4, -0.2) is 32.8 Å². The minimum absolute atomic E-state index is 0.149. The van der Waals surface area contributed by atoms with E-state index in [2.05, 4.69) is 43.5 Å². The van der Waals surface area contributed by atoms with Crippen LogP contribution in [0.15, 0.2) is 18.2 Å². The van der Waals surface area contributed by atoms with E-state index in [1.54, 1.807) is 7.11 Å². The normalized spacial score (nSPS) is 11.6. The van der Waals surface area contributed by atoms with Gasteiger partial charge in [-0.25, -0.2) is 0 Å². The van der Waals surface area contributed by atoms with Gasteiger partial charge in [0, 0.05) is 12.1 Å². The van der Waals surface area contributed by atoms with Crippen molar-refractivity contribution in [3.63, 3.8) is 0 Å². The first-order chi connectivity index (χ1) is 8.48. The molecule has 0 aliphatic heterocycles. The van der Waals surface area contributed by atoms with Crippen molar-refractivity contribution in [3.05, 3.63) is 29.3 Å². The zero-order chi connectivity index (χ0) is 13.6. The van der Waals surface area contributed by atoms with Crippen LogP contribution in [0.1, 0.15) is 25.0 Å². The largest absolute Gasteiger partial charge is 0.496 e. The van der Waals surface area contributed by atoms with E-state index in [1.165, 1.54) is 11.1 Å². The molecule has 0 saturated heterocycles. The fourth-order valence-corrected chi connectivity index (χ4v) is 1.82. The molecule has 0 spiro atoms. The fourth-order valence-electron chi connectivity index (χ4n) is 1.82. The Balaban J connectivity index is 2.38. The maximum atomic E-state index is 5.26. The zero-order valence-corrected chi connectivity index (χ0v) is 12.3. The van der Waals surface area contributed by atoms with E-state index in [1.807, 2.05) is 13.1 Å². The van der Waals surface area contributed by atoms with Gasteiger partial charge >= 0.3 is 0 Å². The van der Waals surface area contributed by atoms with Gasteiger partial charge in [0.05, 0.1) is 7.11 Å². The van der Waals surface area contributed by atoms with Gasteiger partial charge < -0.3 is 15.4 Å². The third-order valence-corrected chi connectivity index (χ3v) is 3.29. The predicted octanol–water partition coefficient (Wildman–Crippen LogP) is 2.13.